The first-order valence-corrected chi connectivity index (χ1v) is 8.64. The van der Waals surface area contributed by atoms with Crippen molar-refractivity contribution in [3.05, 3.63) is 40.7 Å². The molecule has 2 amide bonds. The van der Waals surface area contributed by atoms with Crippen molar-refractivity contribution >= 4 is 41.7 Å². The molecule has 0 aliphatic heterocycles. The van der Waals surface area contributed by atoms with Crippen LogP contribution in [0.25, 0.3) is 0 Å². The fourth-order valence-corrected chi connectivity index (χ4v) is 2.65. The van der Waals surface area contributed by atoms with E-state index in [1.165, 1.54) is 13.0 Å². The highest BCUT2D eigenvalue weighted by Crippen LogP contribution is 2.22. The summed E-state index contributed by atoms with van der Waals surface area (Å²) in [7, 11) is 0. The number of rotatable bonds is 6. The van der Waals surface area contributed by atoms with E-state index in [0.717, 1.165) is 0 Å². The van der Waals surface area contributed by atoms with Gasteiger partial charge in [0.25, 0.3) is 5.91 Å². The SMILES string of the molecule is CC(=O)Nc1cc(Cl)cc(C(=O)NC(C)(C)c2cn(CCS)nn2)c1. The summed E-state index contributed by atoms with van der Waals surface area (Å²) in [6.07, 6.45) is 1.78. The third-order valence-electron chi connectivity index (χ3n) is 3.41. The first-order valence-electron chi connectivity index (χ1n) is 7.63. The highest BCUT2D eigenvalue weighted by atomic mass is 35.5. The summed E-state index contributed by atoms with van der Waals surface area (Å²) in [6, 6.07) is 4.68. The molecule has 0 spiro atoms. The number of hydrogen-bond donors (Lipinski definition) is 3. The Hall–Kier alpha value is -2.06. The van der Waals surface area contributed by atoms with Gasteiger partial charge < -0.3 is 10.6 Å². The zero-order chi connectivity index (χ0) is 18.6. The maximum Gasteiger partial charge on any atom is 0.252 e. The van der Waals surface area contributed by atoms with E-state index in [9.17, 15) is 9.59 Å². The molecule has 0 unspecified atom stereocenters. The fourth-order valence-electron chi connectivity index (χ4n) is 2.21. The van der Waals surface area contributed by atoms with Crippen LogP contribution in [0.5, 0.6) is 0 Å². The molecule has 2 aromatic rings. The third kappa shape index (κ3) is 5.20. The molecule has 0 saturated carbocycles. The van der Waals surface area contributed by atoms with E-state index in [1.54, 1.807) is 23.0 Å². The van der Waals surface area contributed by atoms with E-state index in [2.05, 4.69) is 33.6 Å². The second-order valence-electron chi connectivity index (χ2n) is 6.08. The third-order valence-corrected chi connectivity index (χ3v) is 3.83. The van der Waals surface area contributed by atoms with Crippen LogP contribution in [0.4, 0.5) is 5.69 Å². The average Bonchev–Trinajstić information content (AvgIpc) is 2.95. The topological polar surface area (TPSA) is 88.9 Å². The number of nitrogens with one attached hydrogen (secondary N) is 2. The van der Waals surface area contributed by atoms with Crippen LogP contribution in [-0.4, -0.2) is 32.6 Å². The van der Waals surface area contributed by atoms with Crippen LogP contribution in [-0.2, 0) is 16.9 Å². The molecule has 9 heteroatoms. The monoisotopic (exact) mass is 381 g/mol. The molecule has 2 rings (SSSR count). The van der Waals surface area contributed by atoms with Gasteiger partial charge in [-0.2, -0.15) is 12.6 Å². The van der Waals surface area contributed by atoms with E-state index in [0.29, 0.717) is 34.3 Å². The summed E-state index contributed by atoms with van der Waals surface area (Å²) in [6.45, 7) is 5.69. The summed E-state index contributed by atoms with van der Waals surface area (Å²) in [5, 5.41) is 14.0. The van der Waals surface area contributed by atoms with Crippen molar-refractivity contribution in [2.24, 2.45) is 0 Å². The van der Waals surface area contributed by atoms with E-state index in [4.69, 9.17) is 11.6 Å². The number of aryl methyl sites for hydroxylation is 1. The Bertz CT molecular complexity index is 791. The van der Waals surface area contributed by atoms with Gasteiger partial charge in [0.1, 0.15) is 5.69 Å². The lowest BCUT2D eigenvalue weighted by Gasteiger charge is -2.24. The molecule has 7 nitrogen and oxygen atoms in total. The van der Waals surface area contributed by atoms with Crippen molar-refractivity contribution < 1.29 is 9.59 Å². The lowest BCUT2D eigenvalue weighted by Crippen LogP contribution is -2.41. The Morgan fingerprint density at radius 2 is 2.04 bits per heavy atom. The second kappa shape index (κ2) is 7.88. The number of carbonyl (C=O) groups is 2. The summed E-state index contributed by atoms with van der Waals surface area (Å²) in [5.74, 6) is 0.0712. The minimum Gasteiger partial charge on any atom is -0.341 e. The molecule has 1 heterocycles. The van der Waals surface area contributed by atoms with Crippen molar-refractivity contribution in [3.8, 4) is 0 Å². The van der Waals surface area contributed by atoms with Crippen molar-refractivity contribution in [2.45, 2.75) is 32.9 Å². The van der Waals surface area contributed by atoms with Crippen LogP contribution in [0.15, 0.2) is 24.4 Å². The lowest BCUT2D eigenvalue weighted by molar-refractivity contribution is -0.114. The standard InChI is InChI=1S/C16H20ClN5O2S/c1-10(23)18-13-7-11(6-12(17)8-13)15(24)19-16(2,3)14-9-22(4-5-25)21-20-14/h6-9,25H,4-5H2,1-3H3,(H,18,23)(H,19,24). The molecule has 0 atom stereocenters. The lowest BCUT2D eigenvalue weighted by atomic mass is 10.0. The van der Waals surface area contributed by atoms with Gasteiger partial charge in [0.05, 0.1) is 18.3 Å². The molecule has 2 N–H and O–H groups in total. The summed E-state index contributed by atoms with van der Waals surface area (Å²) < 4.78 is 1.67. The molecule has 0 saturated heterocycles. The van der Waals surface area contributed by atoms with E-state index >= 15 is 0 Å². The molecule has 1 aromatic heterocycles. The number of aromatic nitrogens is 3. The molecule has 25 heavy (non-hydrogen) atoms. The fraction of sp³-hybridized carbons (Fsp3) is 0.375. The maximum absolute atomic E-state index is 12.6. The van der Waals surface area contributed by atoms with Crippen molar-refractivity contribution in [1.82, 2.24) is 20.3 Å². The molecular weight excluding hydrogens is 362 g/mol. The van der Waals surface area contributed by atoms with E-state index < -0.39 is 5.54 Å². The van der Waals surface area contributed by atoms with Crippen LogP contribution in [0.3, 0.4) is 0 Å². The zero-order valence-corrected chi connectivity index (χ0v) is 15.9. The largest absolute Gasteiger partial charge is 0.341 e. The normalized spacial score (nSPS) is 11.2. The van der Waals surface area contributed by atoms with Crippen molar-refractivity contribution in [3.63, 3.8) is 0 Å². The Labute approximate surface area is 156 Å². The Morgan fingerprint density at radius 1 is 1.32 bits per heavy atom. The number of benzene rings is 1. The van der Waals surface area contributed by atoms with Crippen LogP contribution in [0.2, 0.25) is 5.02 Å². The predicted octanol–water partition coefficient (Wildman–Crippen LogP) is 2.48. The van der Waals surface area contributed by atoms with Gasteiger partial charge in [-0.25, -0.2) is 0 Å². The molecule has 134 valence electrons. The Kier molecular flexibility index (Phi) is 6.07. The molecule has 0 radical (unpaired) electrons. The van der Waals surface area contributed by atoms with Gasteiger partial charge in [-0.3, -0.25) is 14.3 Å². The molecule has 0 aliphatic rings. The van der Waals surface area contributed by atoms with Gasteiger partial charge in [-0.1, -0.05) is 16.8 Å². The van der Waals surface area contributed by atoms with Crippen LogP contribution < -0.4 is 10.6 Å². The molecule has 1 aromatic carbocycles. The van der Waals surface area contributed by atoms with Gasteiger partial charge in [0.15, 0.2) is 0 Å². The Balaban J connectivity index is 2.19. The van der Waals surface area contributed by atoms with Crippen LogP contribution in [0, 0.1) is 0 Å². The zero-order valence-electron chi connectivity index (χ0n) is 14.2. The smallest absolute Gasteiger partial charge is 0.252 e. The predicted molar refractivity (Wildman–Crippen MR) is 100 cm³/mol. The molecule has 0 bridgehead atoms. The molecular formula is C16H20ClN5O2S. The second-order valence-corrected chi connectivity index (χ2v) is 6.96. The van der Waals surface area contributed by atoms with Gasteiger partial charge in [-0.05, 0) is 32.0 Å². The highest BCUT2D eigenvalue weighted by molar-refractivity contribution is 7.80. The number of halogens is 1. The number of hydrogen-bond acceptors (Lipinski definition) is 5. The van der Waals surface area contributed by atoms with Crippen molar-refractivity contribution in [1.29, 1.82) is 0 Å². The Morgan fingerprint density at radius 3 is 2.68 bits per heavy atom. The van der Waals surface area contributed by atoms with Crippen molar-refractivity contribution in [2.75, 3.05) is 11.1 Å². The average molecular weight is 382 g/mol. The van der Waals surface area contributed by atoms with E-state index in [-0.39, 0.29) is 11.8 Å². The number of nitrogens with zero attached hydrogens (tertiary/aromatic N) is 3. The van der Waals surface area contributed by atoms with Crippen LogP contribution >= 0.6 is 24.2 Å². The summed E-state index contributed by atoms with van der Waals surface area (Å²) in [5.41, 5.74) is 0.698. The first kappa shape index (κ1) is 19.3. The highest BCUT2D eigenvalue weighted by Gasteiger charge is 2.27. The van der Waals surface area contributed by atoms with E-state index in [1.807, 2.05) is 13.8 Å². The first-order chi connectivity index (χ1) is 11.7. The summed E-state index contributed by atoms with van der Waals surface area (Å²) in [4.78, 5) is 23.8. The maximum atomic E-state index is 12.6. The van der Waals surface area contributed by atoms with Gasteiger partial charge in [0.2, 0.25) is 5.91 Å². The summed E-state index contributed by atoms with van der Waals surface area (Å²) >= 11 is 10.2. The van der Waals surface area contributed by atoms with Gasteiger partial charge >= 0.3 is 0 Å². The van der Waals surface area contributed by atoms with Gasteiger partial charge in [-0.15, -0.1) is 5.10 Å². The van der Waals surface area contributed by atoms with Crippen LogP contribution in [0.1, 0.15) is 36.8 Å². The molecule has 0 aliphatic carbocycles. The van der Waals surface area contributed by atoms with Gasteiger partial charge in [0, 0.05) is 29.0 Å². The minimum absolute atomic E-state index is 0.241. The number of thiol groups is 1. The minimum atomic E-state index is -0.734. The quantitative estimate of drug-likeness (QED) is 0.671. The number of carbonyl (C=O) groups excluding carboxylic acids is 2. The number of anilines is 1. The number of amides is 2. The molecule has 0 fully saturated rings.